The summed E-state index contributed by atoms with van der Waals surface area (Å²) in [6.45, 7) is 3.15. The summed E-state index contributed by atoms with van der Waals surface area (Å²) < 4.78 is 1.09. The maximum atomic E-state index is 4.34. The molecule has 1 N–H and O–H groups in total. The number of nitrogens with zero attached hydrogens (tertiary/aromatic N) is 1. The highest BCUT2D eigenvalue weighted by molar-refractivity contribution is 9.11. The zero-order chi connectivity index (χ0) is 11.4. The van der Waals surface area contributed by atoms with Gasteiger partial charge in [-0.3, -0.25) is 0 Å². The lowest BCUT2D eigenvalue weighted by Crippen LogP contribution is -2.20. The van der Waals surface area contributed by atoms with Gasteiger partial charge in [-0.15, -0.1) is 22.7 Å². The molecule has 1 unspecified atom stereocenters. The molecule has 0 saturated heterocycles. The highest BCUT2D eigenvalue weighted by Gasteiger charge is 2.08. The Morgan fingerprint density at radius 3 is 3.06 bits per heavy atom. The molecule has 2 aromatic heterocycles. The summed E-state index contributed by atoms with van der Waals surface area (Å²) in [6, 6.07) is 4.61. The molecular weight excluding hydrogens is 304 g/mol. The van der Waals surface area contributed by atoms with Gasteiger partial charge in [0.15, 0.2) is 0 Å². The van der Waals surface area contributed by atoms with E-state index in [2.05, 4.69) is 50.7 Å². The molecule has 0 aliphatic carbocycles. The Labute approximate surface area is 112 Å². The number of aromatic nitrogens is 1. The quantitative estimate of drug-likeness (QED) is 0.906. The number of thiazole rings is 1. The van der Waals surface area contributed by atoms with Gasteiger partial charge in [0.05, 0.1) is 16.0 Å². The van der Waals surface area contributed by atoms with E-state index in [9.17, 15) is 0 Å². The Hall–Kier alpha value is -0.230. The fourth-order valence-corrected chi connectivity index (χ4v) is 3.40. The van der Waals surface area contributed by atoms with Crippen LogP contribution in [0.15, 0.2) is 27.5 Å². The molecule has 5 heteroatoms. The predicted octanol–water partition coefficient (Wildman–Crippen LogP) is 3.86. The van der Waals surface area contributed by atoms with Gasteiger partial charge in [0, 0.05) is 11.4 Å². The largest absolute Gasteiger partial charge is 0.308 e. The topological polar surface area (TPSA) is 24.9 Å². The molecule has 0 saturated carbocycles. The van der Waals surface area contributed by atoms with Gasteiger partial charge in [0.1, 0.15) is 5.01 Å². The van der Waals surface area contributed by atoms with Crippen LogP contribution >= 0.6 is 38.6 Å². The lowest BCUT2D eigenvalue weighted by atomic mass is 10.3. The van der Waals surface area contributed by atoms with E-state index in [1.807, 2.05) is 17.5 Å². The molecule has 0 fully saturated rings. The average molecular weight is 317 g/mol. The van der Waals surface area contributed by atoms with Crippen molar-refractivity contribution in [3.05, 3.63) is 37.4 Å². The second-order valence-corrected chi connectivity index (χ2v) is 6.98. The van der Waals surface area contributed by atoms with Crippen molar-refractivity contribution in [1.29, 1.82) is 0 Å². The minimum absolute atomic E-state index is 0.330. The number of halogens is 1. The zero-order valence-corrected chi connectivity index (χ0v) is 12.2. The third kappa shape index (κ3) is 3.38. The first-order chi connectivity index (χ1) is 7.75. The van der Waals surface area contributed by atoms with Crippen LogP contribution in [0, 0.1) is 0 Å². The fraction of sp³-hybridized carbons (Fsp3) is 0.364. The molecule has 1 atom stereocenters. The van der Waals surface area contributed by atoms with Gasteiger partial charge in [0.25, 0.3) is 0 Å². The highest BCUT2D eigenvalue weighted by atomic mass is 79.9. The summed E-state index contributed by atoms with van der Waals surface area (Å²) in [5.74, 6) is 0. The normalized spacial score (nSPS) is 12.9. The minimum Gasteiger partial charge on any atom is -0.308 e. The number of rotatable bonds is 5. The van der Waals surface area contributed by atoms with Crippen LogP contribution in [0.25, 0.3) is 0 Å². The first kappa shape index (κ1) is 12.2. The highest BCUT2D eigenvalue weighted by Crippen LogP contribution is 2.24. The van der Waals surface area contributed by atoms with Crippen molar-refractivity contribution in [2.45, 2.75) is 19.4 Å². The molecule has 16 heavy (non-hydrogen) atoms. The minimum atomic E-state index is 0.330. The van der Waals surface area contributed by atoms with Crippen LogP contribution in [0.5, 0.6) is 0 Å². The molecule has 86 valence electrons. The average Bonchev–Trinajstić information content (AvgIpc) is 2.89. The van der Waals surface area contributed by atoms with Crippen LogP contribution in [-0.2, 0) is 6.42 Å². The van der Waals surface area contributed by atoms with Gasteiger partial charge >= 0.3 is 0 Å². The summed E-state index contributed by atoms with van der Waals surface area (Å²) in [5, 5.41) is 6.74. The zero-order valence-electron chi connectivity index (χ0n) is 8.94. The van der Waals surface area contributed by atoms with Crippen LogP contribution < -0.4 is 5.32 Å². The van der Waals surface area contributed by atoms with Crippen molar-refractivity contribution < 1.29 is 0 Å². The van der Waals surface area contributed by atoms with Gasteiger partial charge in [-0.1, -0.05) is 6.07 Å². The van der Waals surface area contributed by atoms with Gasteiger partial charge in [0.2, 0.25) is 0 Å². The van der Waals surface area contributed by atoms with E-state index in [1.165, 1.54) is 4.88 Å². The second-order valence-electron chi connectivity index (χ2n) is 3.51. The molecule has 2 nitrogen and oxygen atoms in total. The van der Waals surface area contributed by atoms with Crippen LogP contribution in [0.2, 0.25) is 0 Å². The maximum Gasteiger partial charge on any atom is 0.110 e. The summed E-state index contributed by atoms with van der Waals surface area (Å²) in [4.78, 5) is 5.77. The van der Waals surface area contributed by atoms with Gasteiger partial charge in [-0.2, -0.15) is 0 Å². The number of hydrogen-bond acceptors (Lipinski definition) is 4. The Bertz CT molecular complexity index is 425. The van der Waals surface area contributed by atoms with E-state index in [1.54, 1.807) is 11.3 Å². The van der Waals surface area contributed by atoms with Crippen LogP contribution in [0.4, 0.5) is 0 Å². The smallest absolute Gasteiger partial charge is 0.110 e. The van der Waals surface area contributed by atoms with Crippen molar-refractivity contribution in [2.75, 3.05) is 6.54 Å². The molecule has 2 rings (SSSR count). The number of thiophene rings is 1. The van der Waals surface area contributed by atoms with Crippen molar-refractivity contribution in [3.63, 3.8) is 0 Å². The van der Waals surface area contributed by atoms with Crippen LogP contribution in [0.3, 0.4) is 0 Å². The van der Waals surface area contributed by atoms with Crippen molar-refractivity contribution >= 4 is 38.6 Å². The third-order valence-electron chi connectivity index (χ3n) is 2.27. The lowest BCUT2D eigenvalue weighted by Gasteiger charge is -2.09. The van der Waals surface area contributed by atoms with E-state index in [0.717, 1.165) is 21.8 Å². The number of nitrogens with one attached hydrogen (secondary N) is 1. The first-order valence-corrected chi connectivity index (χ1v) is 7.61. The van der Waals surface area contributed by atoms with E-state index >= 15 is 0 Å². The first-order valence-electron chi connectivity index (χ1n) is 5.12. The molecule has 0 bridgehead atoms. The monoisotopic (exact) mass is 316 g/mol. The molecular formula is C11H13BrN2S2. The van der Waals surface area contributed by atoms with E-state index in [4.69, 9.17) is 0 Å². The van der Waals surface area contributed by atoms with E-state index in [-0.39, 0.29) is 0 Å². The van der Waals surface area contributed by atoms with E-state index < -0.39 is 0 Å². The number of hydrogen-bond donors (Lipinski definition) is 1. The molecule has 0 spiro atoms. The molecule has 0 amide bonds. The van der Waals surface area contributed by atoms with Crippen LogP contribution in [-0.4, -0.2) is 11.5 Å². The molecule has 0 aliphatic rings. The van der Waals surface area contributed by atoms with E-state index in [0.29, 0.717) is 6.04 Å². The van der Waals surface area contributed by atoms with Crippen molar-refractivity contribution in [3.8, 4) is 0 Å². The molecule has 0 aliphatic heterocycles. The SMILES string of the molecule is CC(NCCc1cccs1)c1ncc(Br)s1. The summed E-state index contributed by atoms with van der Waals surface area (Å²) >= 11 is 6.93. The maximum absolute atomic E-state index is 4.34. The summed E-state index contributed by atoms with van der Waals surface area (Å²) in [5.41, 5.74) is 0. The lowest BCUT2D eigenvalue weighted by molar-refractivity contribution is 0.576. The van der Waals surface area contributed by atoms with Gasteiger partial charge in [-0.05, 0) is 40.7 Å². The Kier molecular flexibility index (Phi) is 4.52. The molecule has 0 aromatic carbocycles. The third-order valence-corrected chi connectivity index (χ3v) is 4.86. The van der Waals surface area contributed by atoms with Gasteiger partial charge in [-0.25, -0.2) is 4.98 Å². The molecule has 2 heterocycles. The molecule has 0 radical (unpaired) electrons. The summed E-state index contributed by atoms with van der Waals surface area (Å²) in [6.07, 6.45) is 2.95. The fourth-order valence-electron chi connectivity index (χ4n) is 1.42. The van der Waals surface area contributed by atoms with Crippen LogP contribution in [0.1, 0.15) is 22.9 Å². The second kappa shape index (κ2) is 5.91. The Morgan fingerprint density at radius 2 is 2.44 bits per heavy atom. The Balaban J connectivity index is 1.78. The summed E-state index contributed by atoms with van der Waals surface area (Å²) in [7, 11) is 0. The predicted molar refractivity (Wildman–Crippen MR) is 74.3 cm³/mol. The van der Waals surface area contributed by atoms with Crippen molar-refractivity contribution in [2.24, 2.45) is 0 Å². The standard InChI is InChI=1S/C11H13BrN2S2/c1-8(11-14-7-10(12)16-11)13-5-4-9-3-2-6-15-9/h2-3,6-8,13H,4-5H2,1H3. The Morgan fingerprint density at radius 1 is 1.56 bits per heavy atom. The molecule has 2 aromatic rings. The van der Waals surface area contributed by atoms with Gasteiger partial charge < -0.3 is 5.32 Å². The van der Waals surface area contributed by atoms with Crippen molar-refractivity contribution in [1.82, 2.24) is 10.3 Å².